The molecule has 0 aliphatic heterocycles. The second kappa shape index (κ2) is 15.9. The van der Waals surface area contributed by atoms with Gasteiger partial charge in [-0.2, -0.15) is 0 Å². The summed E-state index contributed by atoms with van der Waals surface area (Å²) in [7, 11) is 5.54. The number of para-hydroxylation sites is 2. The third-order valence-corrected chi connectivity index (χ3v) is 11.4. The lowest BCUT2D eigenvalue weighted by atomic mass is 10.0. The van der Waals surface area contributed by atoms with Crippen LogP contribution < -0.4 is 21.8 Å². The highest BCUT2D eigenvalue weighted by atomic mass is 35.5. The third-order valence-electron chi connectivity index (χ3n) is 10.2. The SMILES string of the molecule is C.Cc1c(-c2cncn2C)[nH]c(=O)c2c1ccc1nc(Nc3c(Cl)cccc3Cl)n(C)c12.Cc1c(C=O)[nH]c(=O)c2c1ccc1nc(Nc3c(Cl)cccc3Cl)n(C)c12. The number of benzene rings is 4. The number of hydrogen-bond acceptors (Lipinski definition) is 8. The fourth-order valence-electron chi connectivity index (χ4n) is 7.18. The number of imidazole rings is 3. The van der Waals surface area contributed by atoms with Crippen molar-refractivity contribution in [1.29, 1.82) is 0 Å². The molecule has 0 aliphatic rings. The number of halogens is 4. The monoisotopic (exact) mass is 868 g/mol. The molecule has 9 rings (SSSR count). The Kier molecular flexibility index (Phi) is 11.1. The lowest BCUT2D eigenvalue weighted by Gasteiger charge is -2.12. The van der Waals surface area contributed by atoms with Crippen molar-refractivity contribution in [2.75, 3.05) is 10.6 Å². The van der Waals surface area contributed by atoms with Crippen molar-refractivity contribution >= 4 is 120 Å². The maximum atomic E-state index is 13.2. The molecule has 0 aliphatic carbocycles. The minimum absolute atomic E-state index is 0. The number of aryl methyl sites for hydroxylation is 5. The molecular formula is C42H36Cl4N10O3. The first-order valence-corrected chi connectivity index (χ1v) is 19.2. The van der Waals surface area contributed by atoms with E-state index in [-0.39, 0.29) is 24.2 Å². The van der Waals surface area contributed by atoms with Crippen molar-refractivity contribution < 1.29 is 4.79 Å². The van der Waals surface area contributed by atoms with Crippen LogP contribution in [0.5, 0.6) is 0 Å². The zero-order valence-corrected chi connectivity index (χ0v) is 34.4. The topological polar surface area (TPSA) is 160 Å². The Morgan fingerprint density at radius 3 is 1.56 bits per heavy atom. The van der Waals surface area contributed by atoms with Gasteiger partial charge >= 0.3 is 0 Å². The average Bonchev–Trinajstić information content (AvgIpc) is 3.87. The van der Waals surface area contributed by atoms with Crippen molar-refractivity contribution in [2.24, 2.45) is 21.1 Å². The number of aromatic nitrogens is 8. The van der Waals surface area contributed by atoms with E-state index in [1.807, 2.05) is 48.4 Å². The van der Waals surface area contributed by atoms with E-state index in [0.717, 1.165) is 27.9 Å². The van der Waals surface area contributed by atoms with E-state index in [9.17, 15) is 14.4 Å². The number of H-pyrrole nitrogens is 2. The van der Waals surface area contributed by atoms with E-state index < -0.39 is 0 Å². The van der Waals surface area contributed by atoms with Gasteiger partial charge in [0.15, 0.2) is 6.29 Å². The van der Waals surface area contributed by atoms with E-state index in [1.165, 1.54) is 0 Å². The maximum absolute atomic E-state index is 13.2. The third kappa shape index (κ3) is 6.99. The second-order valence-electron chi connectivity index (χ2n) is 13.6. The first-order valence-electron chi connectivity index (χ1n) is 17.7. The zero-order valence-electron chi connectivity index (χ0n) is 31.4. The molecule has 0 amide bonds. The van der Waals surface area contributed by atoms with Gasteiger partial charge in [-0.1, -0.05) is 78.1 Å². The molecule has 59 heavy (non-hydrogen) atoms. The molecule has 5 aromatic heterocycles. The normalized spacial score (nSPS) is 11.2. The molecule has 0 radical (unpaired) electrons. The summed E-state index contributed by atoms with van der Waals surface area (Å²) in [6.07, 6.45) is 4.09. The molecule has 0 atom stereocenters. The van der Waals surface area contributed by atoms with Crippen LogP contribution in [-0.2, 0) is 21.1 Å². The van der Waals surface area contributed by atoms with E-state index in [0.29, 0.717) is 87.9 Å². The molecule has 13 nitrogen and oxygen atoms in total. The number of fused-ring (bicyclic) bond motifs is 6. The fourth-order valence-corrected chi connectivity index (χ4v) is 8.16. The van der Waals surface area contributed by atoms with Gasteiger partial charge in [0.05, 0.1) is 93.9 Å². The molecule has 0 bridgehead atoms. The van der Waals surface area contributed by atoms with Crippen molar-refractivity contribution in [3.63, 3.8) is 0 Å². The van der Waals surface area contributed by atoms with Gasteiger partial charge in [-0.05, 0) is 72.1 Å². The molecule has 9 aromatic rings. The summed E-state index contributed by atoms with van der Waals surface area (Å²) in [5.74, 6) is 1.02. The highest BCUT2D eigenvalue weighted by molar-refractivity contribution is 6.40. The Bertz CT molecular complexity index is 3230. The van der Waals surface area contributed by atoms with Gasteiger partial charge in [0.2, 0.25) is 11.9 Å². The van der Waals surface area contributed by atoms with Crippen LogP contribution in [0.3, 0.4) is 0 Å². The first kappa shape index (κ1) is 41.1. The van der Waals surface area contributed by atoms with Crippen molar-refractivity contribution in [2.45, 2.75) is 21.3 Å². The Morgan fingerprint density at radius 1 is 0.661 bits per heavy atom. The predicted octanol–water partition coefficient (Wildman–Crippen LogP) is 10.4. The molecular weight excluding hydrogens is 834 g/mol. The van der Waals surface area contributed by atoms with Crippen molar-refractivity contribution in [3.8, 4) is 11.4 Å². The number of hydrogen-bond donors (Lipinski definition) is 4. The molecule has 0 spiro atoms. The number of nitrogens with one attached hydrogen (secondary N) is 4. The quantitative estimate of drug-likeness (QED) is 0.120. The summed E-state index contributed by atoms with van der Waals surface area (Å²) in [5.41, 5.74) is 6.83. The summed E-state index contributed by atoms with van der Waals surface area (Å²) >= 11 is 25.1. The van der Waals surface area contributed by atoms with Gasteiger partial charge in [0, 0.05) is 21.1 Å². The number of nitrogens with zero attached hydrogens (tertiary/aromatic N) is 6. The summed E-state index contributed by atoms with van der Waals surface area (Å²) in [6, 6.07) is 17.9. The highest BCUT2D eigenvalue weighted by Crippen LogP contribution is 2.37. The van der Waals surface area contributed by atoms with Crippen LogP contribution in [-0.4, -0.2) is 44.9 Å². The van der Waals surface area contributed by atoms with Crippen LogP contribution in [0.2, 0.25) is 20.1 Å². The van der Waals surface area contributed by atoms with Crippen molar-refractivity contribution in [3.05, 3.63) is 131 Å². The average molecular weight is 871 g/mol. The summed E-state index contributed by atoms with van der Waals surface area (Å²) < 4.78 is 5.49. The molecule has 0 unspecified atom stereocenters. The van der Waals surface area contributed by atoms with Gasteiger partial charge in [0.1, 0.15) is 0 Å². The van der Waals surface area contributed by atoms with E-state index in [1.54, 1.807) is 73.5 Å². The molecule has 17 heteroatoms. The Hall–Kier alpha value is -6.12. The maximum Gasteiger partial charge on any atom is 0.258 e. The Labute approximate surface area is 356 Å². The van der Waals surface area contributed by atoms with Crippen LogP contribution in [0, 0.1) is 13.8 Å². The van der Waals surface area contributed by atoms with Gasteiger partial charge in [-0.25, -0.2) is 15.0 Å². The second-order valence-corrected chi connectivity index (χ2v) is 15.2. The highest BCUT2D eigenvalue weighted by Gasteiger charge is 2.20. The van der Waals surface area contributed by atoms with E-state index >= 15 is 0 Å². The molecule has 0 fully saturated rings. The standard InChI is InChI=1S/C22H18Cl2N6O.C19H14Cl2N4O2.CH4/c1-11-12-7-8-15-20(17(12)21(31)27-18(11)16-9-25-10-29(16)2)30(3)22(26-15)28-19-13(23)5-4-6-14(19)24;1-9-10-6-7-13-17(15(10)18(27)22-14(9)8-26)25(2)19(23-13)24-16-11(20)4-3-5-12(16)21;/h4-10H,1-3H3,(H,26,28)(H,27,31);3-8H,1-2H3,(H,22,27)(H,23,24);1H4. The molecule has 300 valence electrons. The summed E-state index contributed by atoms with van der Waals surface area (Å²) in [6.45, 7) is 3.79. The molecule has 0 saturated heterocycles. The summed E-state index contributed by atoms with van der Waals surface area (Å²) in [5, 5.41) is 10.9. The van der Waals surface area contributed by atoms with Gasteiger partial charge in [-0.3, -0.25) is 14.4 Å². The Morgan fingerprint density at radius 2 is 1.12 bits per heavy atom. The number of anilines is 4. The Balaban J connectivity index is 0.000000178. The largest absolute Gasteiger partial charge is 0.333 e. The minimum Gasteiger partial charge on any atom is -0.333 e. The number of carbonyl (C=O) groups excluding carboxylic acids is 1. The molecule has 0 saturated carbocycles. The lowest BCUT2D eigenvalue weighted by Crippen LogP contribution is -2.12. The summed E-state index contributed by atoms with van der Waals surface area (Å²) in [4.78, 5) is 56.1. The zero-order chi connectivity index (χ0) is 41.2. The van der Waals surface area contributed by atoms with Crippen LogP contribution in [0.15, 0.2) is 82.8 Å². The van der Waals surface area contributed by atoms with Crippen LogP contribution in [0.4, 0.5) is 23.3 Å². The van der Waals surface area contributed by atoms with Crippen LogP contribution >= 0.6 is 46.4 Å². The number of pyridine rings is 2. The van der Waals surface area contributed by atoms with Gasteiger partial charge in [0.25, 0.3) is 11.1 Å². The molecule has 5 heterocycles. The van der Waals surface area contributed by atoms with Crippen molar-refractivity contribution in [1.82, 2.24) is 38.6 Å². The molecule has 4 aromatic carbocycles. The number of aldehydes is 1. The molecule has 4 N–H and O–H groups in total. The fraction of sp³-hybridized carbons (Fsp3) is 0.143. The van der Waals surface area contributed by atoms with Crippen LogP contribution in [0.1, 0.15) is 29.0 Å². The smallest absolute Gasteiger partial charge is 0.258 e. The minimum atomic E-state index is -0.339. The number of carbonyl (C=O) groups is 1. The van der Waals surface area contributed by atoms with Gasteiger partial charge < -0.3 is 34.3 Å². The van der Waals surface area contributed by atoms with Crippen LogP contribution in [0.25, 0.3) is 55.0 Å². The number of aromatic amines is 2. The first-order chi connectivity index (χ1) is 27.8. The van der Waals surface area contributed by atoms with E-state index in [2.05, 4.69) is 35.6 Å². The van der Waals surface area contributed by atoms with Gasteiger partial charge in [-0.15, -0.1) is 0 Å². The van der Waals surface area contributed by atoms with E-state index in [4.69, 9.17) is 46.4 Å². The number of rotatable bonds is 6. The predicted molar refractivity (Wildman–Crippen MR) is 241 cm³/mol. The lowest BCUT2D eigenvalue weighted by molar-refractivity contribution is 0.111.